The van der Waals surface area contributed by atoms with Gasteiger partial charge in [0, 0.05) is 23.7 Å². The molecule has 0 bridgehead atoms. The molecule has 27 heavy (non-hydrogen) atoms. The van der Waals surface area contributed by atoms with Crippen LogP contribution >= 0.6 is 0 Å². The highest BCUT2D eigenvalue weighted by Crippen LogP contribution is 2.44. The van der Waals surface area contributed by atoms with E-state index in [0.717, 1.165) is 12.8 Å². The molecule has 0 aromatic carbocycles. The van der Waals surface area contributed by atoms with Gasteiger partial charge in [-0.3, -0.25) is 14.4 Å². The first kappa shape index (κ1) is 24.0. The molecule has 1 rings (SSSR count). The Balaban J connectivity index is 3.26. The highest BCUT2D eigenvalue weighted by molar-refractivity contribution is 6.07. The second-order valence-corrected chi connectivity index (χ2v) is 12.5. The third-order valence-corrected chi connectivity index (χ3v) is 5.60. The first-order chi connectivity index (χ1) is 11.9. The van der Waals surface area contributed by atoms with Crippen LogP contribution in [-0.2, 0) is 14.4 Å². The Morgan fingerprint density at radius 3 is 1.44 bits per heavy atom. The maximum atomic E-state index is 13.7. The lowest BCUT2D eigenvalue weighted by Gasteiger charge is -2.39. The average molecular weight is 379 g/mol. The molecule has 3 nitrogen and oxygen atoms in total. The van der Waals surface area contributed by atoms with Crippen molar-refractivity contribution in [2.45, 2.75) is 101 Å². The summed E-state index contributed by atoms with van der Waals surface area (Å²) >= 11 is 0. The third-order valence-electron chi connectivity index (χ3n) is 5.60. The van der Waals surface area contributed by atoms with Crippen molar-refractivity contribution < 1.29 is 14.4 Å². The monoisotopic (exact) mass is 378 g/mol. The van der Waals surface area contributed by atoms with E-state index in [2.05, 4.69) is 41.5 Å². The van der Waals surface area contributed by atoms with E-state index in [-0.39, 0.29) is 34.1 Å². The Labute approximate surface area is 167 Å². The molecule has 3 heteroatoms. The van der Waals surface area contributed by atoms with Crippen LogP contribution in [0.2, 0.25) is 0 Å². The summed E-state index contributed by atoms with van der Waals surface area (Å²) in [6.45, 7) is 20.6. The van der Waals surface area contributed by atoms with Gasteiger partial charge in [0.2, 0.25) is 0 Å². The molecule has 0 radical (unpaired) electrons. The molecule has 0 aliphatic heterocycles. The zero-order valence-corrected chi connectivity index (χ0v) is 19.4. The van der Waals surface area contributed by atoms with Gasteiger partial charge in [-0.15, -0.1) is 0 Å². The van der Waals surface area contributed by atoms with Gasteiger partial charge in [0.05, 0.1) is 5.92 Å². The number of rotatable bonds is 7. The standard InChI is InChI=1S/C24H42O3/c1-21(2,3)14-23(7,8)19(26)18(16-11-12-17(25)13-16)20(27)24(9,10)15-22(4,5)6/h16,18H,11-15H2,1-10H3/t16-/m1/s1. The van der Waals surface area contributed by atoms with Gasteiger partial charge >= 0.3 is 0 Å². The fraction of sp³-hybridized carbons (Fsp3) is 0.875. The van der Waals surface area contributed by atoms with Gasteiger partial charge in [-0.1, -0.05) is 69.2 Å². The van der Waals surface area contributed by atoms with E-state index in [1.54, 1.807) is 0 Å². The molecule has 0 aromatic heterocycles. The van der Waals surface area contributed by atoms with Gasteiger partial charge in [0.25, 0.3) is 0 Å². The zero-order valence-electron chi connectivity index (χ0n) is 19.4. The number of hydrogen-bond donors (Lipinski definition) is 0. The van der Waals surface area contributed by atoms with E-state index in [1.165, 1.54) is 0 Å². The summed E-state index contributed by atoms with van der Waals surface area (Å²) in [6.07, 6.45) is 2.99. The number of Topliss-reactive ketones (excluding diaryl/α,β-unsaturated/α-hetero) is 3. The predicted molar refractivity (Wildman–Crippen MR) is 112 cm³/mol. The highest BCUT2D eigenvalue weighted by Gasteiger charge is 2.49. The van der Waals surface area contributed by atoms with Crippen molar-refractivity contribution in [3.05, 3.63) is 0 Å². The highest BCUT2D eigenvalue weighted by atomic mass is 16.2. The van der Waals surface area contributed by atoms with Crippen LogP contribution in [0.5, 0.6) is 0 Å². The smallest absolute Gasteiger partial charge is 0.149 e. The van der Waals surface area contributed by atoms with E-state index in [4.69, 9.17) is 0 Å². The average Bonchev–Trinajstić information content (AvgIpc) is 2.79. The molecule has 0 heterocycles. The molecular weight excluding hydrogens is 336 g/mol. The molecule has 0 aromatic rings. The first-order valence-electron chi connectivity index (χ1n) is 10.5. The SMILES string of the molecule is CC(C)(C)CC(C)(C)C(=O)C(C(=O)C(C)(C)CC(C)(C)C)[C@@H]1CCC(=O)C1. The van der Waals surface area contributed by atoms with Crippen molar-refractivity contribution in [1.29, 1.82) is 0 Å². The lowest BCUT2D eigenvalue weighted by Crippen LogP contribution is -2.46. The molecule has 1 fully saturated rings. The van der Waals surface area contributed by atoms with Crippen LogP contribution in [0.25, 0.3) is 0 Å². The van der Waals surface area contributed by atoms with E-state index < -0.39 is 16.7 Å². The van der Waals surface area contributed by atoms with Gasteiger partial charge in [0.1, 0.15) is 17.3 Å². The lowest BCUT2D eigenvalue weighted by molar-refractivity contribution is -0.146. The van der Waals surface area contributed by atoms with Crippen LogP contribution in [-0.4, -0.2) is 17.3 Å². The first-order valence-corrected chi connectivity index (χ1v) is 10.5. The largest absolute Gasteiger partial charge is 0.300 e. The minimum atomic E-state index is -0.661. The second kappa shape index (κ2) is 7.79. The van der Waals surface area contributed by atoms with Crippen molar-refractivity contribution in [2.24, 2.45) is 33.5 Å². The van der Waals surface area contributed by atoms with Gasteiger partial charge < -0.3 is 0 Å². The molecule has 0 N–H and O–H groups in total. The normalized spacial score (nSPS) is 19.7. The van der Waals surface area contributed by atoms with E-state index >= 15 is 0 Å². The molecule has 156 valence electrons. The van der Waals surface area contributed by atoms with Crippen LogP contribution in [0, 0.1) is 33.5 Å². The van der Waals surface area contributed by atoms with Crippen LogP contribution in [0.1, 0.15) is 101 Å². The summed E-state index contributed by atoms with van der Waals surface area (Å²) < 4.78 is 0. The maximum absolute atomic E-state index is 13.7. The van der Waals surface area contributed by atoms with Gasteiger partial charge in [0.15, 0.2) is 0 Å². The Morgan fingerprint density at radius 1 is 0.815 bits per heavy atom. The van der Waals surface area contributed by atoms with E-state index in [1.807, 2.05) is 27.7 Å². The van der Waals surface area contributed by atoms with Crippen molar-refractivity contribution in [2.75, 3.05) is 0 Å². The van der Waals surface area contributed by atoms with Crippen LogP contribution in [0.4, 0.5) is 0 Å². The molecule has 1 saturated carbocycles. The summed E-state index contributed by atoms with van der Waals surface area (Å²) in [7, 11) is 0. The van der Waals surface area contributed by atoms with Gasteiger partial charge in [-0.2, -0.15) is 0 Å². The summed E-state index contributed by atoms with van der Waals surface area (Å²) in [4.78, 5) is 39.3. The molecule has 1 aliphatic rings. The minimum Gasteiger partial charge on any atom is -0.300 e. The summed E-state index contributed by atoms with van der Waals surface area (Å²) in [5.74, 6) is -0.539. The summed E-state index contributed by atoms with van der Waals surface area (Å²) in [6, 6.07) is 0. The Bertz CT molecular complexity index is 542. The van der Waals surface area contributed by atoms with Crippen molar-refractivity contribution in [3.8, 4) is 0 Å². The molecule has 1 atom stereocenters. The van der Waals surface area contributed by atoms with Crippen LogP contribution in [0.3, 0.4) is 0 Å². The zero-order chi connectivity index (χ0) is 21.4. The number of hydrogen-bond acceptors (Lipinski definition) is 3. The number of carbonyl (C=O) groups is 3. The molecular formula is C24H42O3. The Kier molecular flexibility index (Phi) is 6.94. The van der Waals surface area contributed by atoms with Gasteiger partial charge in [-0.25, -0.2) is 0 Å². The van der Waals surface area contributed by atoms with Crippen molar-refractivity contribution in [3.63, 3.8) is 0 Å². The van der Waals surface area contributed by atoms with Crippen molar-refractivity contribution >= 4 is 17.3 Å². The second-order valence-electron chi connectivity index (χ2n) is 12.5. The Hall–Kier alpha value is -0.990. The molecule has 0 spiro atoms. The molecule has 0 unspecified atom stereocenters. The number of ketones is 3. The maximum Gasteiger partial charge on any atom is 0.149 e. The quantitative estimate of drug-likeness (QED) is 0.508. The minimum absolute atomic E-state index is 0.000813. The van der Waals surface area contributed by atoms with Gasteiger partial charge in [-0.05, 0) is 36.0 Å². The predicted octanol–water partition coefficient (Wildman–Crippen LogP) is 6.03. The number of carbonyl (C=O) groups excluding carboxylic acids is 3. The van der Waals surface area contributed by atoms with Crippen LogP contribution in [0.15, 0.2) is 0 Å². The lowest BCUT2D eigenvalue weighted by atomic mass is 9.62. The summed E-state index contributed by atoms with van der Waals surface area (Å²) in [5.41, 5.74) is -1.16. The molecule has 0 amide bonds. The van der Waals surface area contributed by atoms with Crippen molar-refractivity contribution in [1.82, 2.24) is 0 Å². The Morgan fingerprint density at radius 2 is 1.19 bits per heavy atom. The fourth-order valence-corrected chi connectivity index (χ4v) is 5.34. The van der Waals surface area contributed by atoms with Crippen LogP contribution < -0.4 is 0 Å². The topological polar surface area (TPSA) is 51.2 Å². The van der Waals surface area contributed by atoms with E-state index in [0.29, 0.717) is 19.3 Å². The third kappa shape index (κ3) is 6.84. The molecule has 1 aliphatic carbocycles. The van der Waals surface area contributed by atoms with E-state index in [9.17, 15) is 14.4 Å². The fourth-order valence-electron chi connectivity index (χ4n) is 5.34. The summed E-state index contributed by atoms with van der Waals surface area (Å²) in [5, 5.41) is 0. The molecule has 0 saturated heterocycles.